The summed E-state index contributed by atoms with van der Waals surface area (Å²) in [7, 11) is 4.75. The second kappa shape index (κ2) is 9.73. The number of rotatable bonds is 9. The van der Waals surface area contributed by atoms with Crippen molar-refractivity contribution in [3.05, 3.63) is 71.7 Å². The zero-order chi connectivity index (χ0) is 21.5. The molecule has 1 amide bonds. The van der Waals surface area contributed by atoms with Crippen LogP contribution in [0.25, 0.3) is 0 Å². The fourth-order valence-electron chi connectivity index (χ4n) is 2.99. The zero-order valence-electron chi connectivity index (χ0n) is 17.4. The topological polar surface area (TPSA) is 79.2 Å². The second-order valence-electron chi connectivity index (χ2n) is 6.51. The van der Waals surface area contributed by atoms with E-state index in [1.54, 1.807) is 51.7 Å². The standard InChI is InChI=1S/C23H25NO6/c1-15(18-13-16(26-2)9-11-19(18)27-3)24-23(25)22-12-10-17(30-22)14-29-21-8-6-5-7-20(21)28-4/h5-13,15H,14H2,1-4H3,(H,24,25)/t15-/m1/s1. The number of hydrogen-bond donors (Lipinski definition) is 1. The summed E-state index contributed by atoms with van der Waals surface area (Å²) in [4.78, 5) is 12.6. The number of carbonyl (C=O) groups is 1. The van der Waals surface area contributed by atoms with Crippen molar-refractivity contribution in [3.63, 3.8) is 0 Å². The first kappa shape index (κ1) is 21.1. The van der Waals surface area contributed by atoms with Gasteiger partial charge in [0, 0.05) is 5.56 Å². The monoisotopic (exact) mass is 411 g/mol. The maximum atomic E-state index is 12.6. The average molecular weight is 411 g/mol. The lowest BCUT2D eigenvalue weighted by atomic mass is 10.1. The van der Waals surface area contributed by atoms with Gasteiger partial charge in [0.1, 0.15) is 23.9 Å². The highest BCUT2D eigenvalue weighted by Crippen LogP contribution is 2.30. The minimum atomic E-state index is -0.337. The van der Waals surface area contributed by atoms with Crippen LogP contribution in [0.1, 0.15) is 34.8 Å². The van der Waals surface area contributed by atoms with Crippen LogP contribution in [0.3, 0.4) is 0 Å². The number of amides is 1. The van der Waals surface area contributed by atoms with E-state index < -0.39 is 0 Å². The van der Waals surface area contributed by atoms with Crippen LogP contribution >= 0.6 is 0 Å². The van der Waals surface area contributed by atoms with E-state index >= 15 is 0 Å². The summed E-state index contributed by atoms with van der Waals surface area (Å²) in [6.07, 6.45) is 0. The lowest BCUT2D eigenvalue weighted by molar-refractivity contribution is 0.0907. The molecule has 1 N–H and O–H groups in total. The third kappa shape index (κ3) is 4.86. The zero-order valence-corrected chi connectivity index (χ0v) is 17.4. The predicted octanol–water partition coefficient (Wildman–Crippen LogP) is 4.38. The van der Waals surface area contributed by atoms with Gasteiger partial charge in [-0.05, 0) is 49.4 Å². The van der Waals surface area contributed by atoms with E-state index in [-0.39, 0.29) is 24.3 Å². The summed E-state index contributed by atoms with van der Waals surface area (Å²) < 4.78 is 27.3. The highest BCUT2D eigenvalue weighted by atomic mass is 16.5. The van der Waals surface area contributed by atoms with Gasteiger partial charge in [0.15, 0.2) is 17.3 Å². The van der Waals surface area contributed by atoms with Gasteiger partial charge in [-0.2, -0.15) is 0 Å². The number of nitrogens with one attached hydrogen (secondary N) is 1. The van der Waals surface area contributed by atoms with Crippen LogP contribution in [0, 0.1) is 0 Å². The molecule has 7 nitrogen and oxygen atoms in total. The molecule has 0 fully saturated rings. The number of para-hydroxylation sites is 2. The van der Waals surface area contributed by atoms with Crippen molar-refractivity contribution in [2.75, 3.05) is 21.3 Å². The molecule has 2 aromatic carbocycles. The molecule has 1 atom stereocenters. The van der Waals surface area contributed by atoms with Crippen molar-refractivity contribution in [1.82, 2.24) is 5.32 Å². The van der Waals surface area contributed by atoms with Crippen molar-refractivity contribution in [1.29, 1.82) is 0 Å². The molecular weight excluding hydrogens is 386 g/mol. The minimum Gasteiger partial charge on any atom is -0.497 e. The largest absolute Gasteiger partial charge is 0.497 e. The minimum absolute atomic E-state index is 0.174. The van der Waals surface area contributed by atoms with Gasteiger partial charge in [0.2, 0.25) is 0 Å². The van der Waals surface area contributed by atoms with E-state index in [9.17, 15) is 4.79 Å². The van der Waals surface area contributed by atoms with E-state index in [2.05, 4.69) is 5.32 Å². The molecule has 0 aliphatic rings. The van der Waals surface area contributed by atoms with Crippen molar-refractivity contribution in [2.45, 2.75) is 19.6 Å². The van der Waals surface area contributed by atoms with Crippen molar-refractivity contribution >= 4 is 5.91 Å². The third-order valence-electron chi connectivity index (χ3n) is 4.58. The van der Waals surface area contributed by atoms with Crippen LogP contribution < -0.4 is 24.3 Å². The van der Waals surface area contributed by atoms with Crippen LogP contribution in [-0.2, 0) is 6.61 Å². The Balaban J connectivity index is 1.65. The van der Waals surface area contributed by atoms with Crippen LogP contribution in [0.2, 0.25) is 0 Å². The van der Waals surface area contributed by atoms with Gasteiger partial charge in [0.25, 0.3) is 5.91 Å². The van der Waals surface area contributed by atoms with Gasteiger partial charge in [-0.15, -0.1) is 0 Å². The van der Waals surface area contributed by atoms with E-state index in [0.29, 0.717) is 28.8 Å². The van der Waals surface area contributed by atoms with Crippen molar-refractivity contribution in [3.8, 4) is 23.0 Å². The van der Waals surface area contributed by atoms with Gasteiger partial charge in [-0.3, -0.25) is 4.79 Å². The highest BCUT2D eigenvalue weighted by molar-refractivity contribution is 5.91. The Morgan fingerprint density at radius 1 is 0.933 bits per heavy atom. The molecule has 0 unspecified atom stereocenters. The molecule has 3 aromatic rings. The van der Waals surface area contributed by atoms with E-state index in [1.165, 1.54) is 0 Å². The quantitative estimate of drug-likeness (QED) is 0.563. The first-order chi connectivity index (χ1) is 14.5. The molecule has 30 heavy (non-hydrogen) atoms. The van der Waals surface area contributed by atoms with E-state index in [4.69, 9.17) is 23.4 Å². The first-order valence-electron chi connectivity index (χ1n) is 9.43. The number of benzene rings is 2. The molecule has 1 aromatic heterocycles. The number of carbonyl (C=O) groups excluding carboxylic acids is 1. The Labute approximate surface area is 175 Å². The Kier molecular flexibility index (Phi) is 6.85. The number of hydrogen-bond acceptors (Lipinski definition) is 6. The summed E-state index contributed by atoms with van der Waals surface area (Å²) in [6.45, 7) is 2.04. The summed E-state index contributed by atoms with van der Waals surface area (Å²) in [5.74, 6) is 2.95. The number of furan rings is 1. The third-order valence-corrected chi connectivity index (χ3v) is 4.58. The van der Waals surface area contributed by atoms with Crippen molar-refractivity contribution in [2.24, 2.45) is 0 Å². The summed E-state index contributed by atoms with van der Waals surface area (Å²) in [5, 5.41) is 2.91. The number of methoxy groups -OCH3 is 3. The summed E-state index contributed by atoms with van der Waals surface area (Å²) in [5.41, 5.74) is 0.802. The predicted molar refractivity (Wildman–Crippen MR) is 111 cm³/mol. The second-order valence-corrected chi connectivity index (χ2v) is 6.51. The Morgan fingerprint density at radius 2 is 1.67 bits per heavy atom. The Hall–Kier alpha value is -3.61. The molecule has 1 heterocycles. The van der Waals surface area contributed by atoms with Gasteiger partial charge < -0.3 is 28.7 Å². The van der Waals surface area contributed by atoms with E-state index in [1.807, 2.05) is 31.2 Å². The van der Waals surface area contributed by atoms with Gasteiger partial charge >= 0.3 is 0 Å². The maximum Gasteiger partial charge on any atom is 0.287 e. The van der Waals surface area contributed by atoms with Gasteiger partial charge in [-0.25, -0.2) is 0 Å². The Bertz CT molecular complexity index is 997. The first-order valence-corrected chi connectivity index (χ1v) is 9.43. The lowest BCUT2D eigenvalue weighted by Crippen LogP contribution is -2.26. The molecule has 0 bridgehead atoms. The molecule has 158 valence electrons. The normalized spacial score (nSPS) is 11.5. The maximum absolute atomic E-state index is 12.6. The number of ether oxygens (including phenoxy) is 4. The van der Waals surface area contributed by atoms with Crippen LogP contribution in [0.5, 0.6) is 23.0 Å². The SMILES string of the molecule is COc1ccc(OC)c([C@@H](C)NC(=O)c2ccc(COc3ccccc3OC)o2)c1. The van der Waals surface area contributed by atoms with Gasteiger partial charge in [-0.1, -0.05) is 12.1 Å². The fourth-order valence-corrected chi connectivity index (χ4v) is 2.99. The average Bonchev–Trinajstić information content (AvgIpc) is 3.26. The molecule has 0 radical (unpaired) electrons. The van der Waals surface area contributed by atoms with Gasteiger partial charge in [0.05, 0.1) is 27.4 Å². The molecule has 0 spiro atoms. The van der Waals surface area contributed by atoms with Crippen LogP contribution in [0.4, 0.5) is 0 Å². The van der Waals surface area contributed by atoms with Crippen LogP contribution in [0.15, 0.2) is 59.0 Å². The summed E-state index contributed by atoms with van der Waals surface area (Å²) >= 11 is 0. The molecule has 0 saturated carbocycles. The van der Waals surface area contributed by atoms with Crippen LogP contribution in [-0.4, -0.2) is 27.2 Å². The molecule has 0 saturated heterocycles. The lowest BCUT2D eigenvalue weighted by Gasteiger charge is -2.17. The summed E-state index contributed by atoms with van der Waals surface area (Å²) in [6, 6.07) is 15.8. The molecule has 3 rings (SSSR count). The van der Waals surface area contributed by atoms with Crippen molar-refractivity contribution < 1.29 is 28.2 Å². The molecular formula is C23H25NO6. The molecule has 0 aliphatic heterocycles. The highest BCUT2D eigenvalue weighted by Gasteiger charge is 2.18. The fraction of sp³-hybridized carbons (Fsp3) is 0.261. The Morgan fingerprint density at radius 3 is 2.37 bits per heavy atom. The smallest absolute Gasteiger partial charge is 0.287 e. The molecule has 0 aliphatic carbocycles. The molecule has 7 heteroatoms. The van der Waals surface area contributed by atoms with E-state index in [0.717, 1.165) is 5.56 Å².